The van der Waals surface area contributed by atoms with Crippen LogP contribution in [0.5, 0.6) is 5.75 Å². The molecule has 1 N–H and O–H groups in total. The first-order valence-corrected chi connectivity index (χ1v) is 14.0. The molecule has 1 heterocycles. The largest absolute Gasteiger partial charge is 0.492 e. The summed E-state index contributed by atoms with van der Waals surface area (Å²) in [7, 11) is -3.59. The van der Waals surface area contributed by atoms with E-state index in [1.165, 1.54) is 15.6 Å². The molecular formula is C25H23ClN4O4S2. The molecule has 0 aliphatic carbocycles. The predicted octanol–water partition coefficient (Wildman–Crippen LogP) is 5.48. The second-order valence-electron chi connectivity index (χ2n) is 7.74. The molecule has 0 aliphatic rings. The first-order chi connectivity index (χ1) is 17.2. The van der Waals surface area contributed by atoms with Crippen molar-refractivity contribution in [2.75, 3.05) is 22.5 Å². The molecule has 0 radical (unpaired) electrons. The third kappa shape index (κ3) is 6.20. The van der Waals surface area contributed by atoms with Gasteiger partial charge < -0.3 is 4.74 Å². The monoisotopic (exact) mass is 542 g/mol. The Balaban J connectivity index is 1.47. The summed E-state index contributed by atoms with van der Waals surface area (Å²) in [6.07, 6.45) is 1.15. The number of carbonyl (C=O) groups is 1. The van der Waals surface area contributed by atoms with E-state index in [2.05, 4.69) is 15.5 Å². The Kier molecular flexibility index (Phi) is 7.88. The molecule has 36 heavy (non-hydrogen) atoms. The zero-order valence-electron chi connectivity index (χ0n) is 19.5. The molecule has 0 fully saturated rings. The van der Waals surface area contributed by atoms with Gasteiger partial charge in [-0.05, 0) is 48.9 Å². The maximum Gasteiger partial charge on any atom is 0.257 e. The minimum atomic E-state index is -3.59. The number of halogens is 1. The normalized spacial score (nSPS) is 11.2. The fourth-order valence-electron chi connectivity index (χ4n) is 3.40. The molecule has 8 nitrogen and oxygen atoms in total. The average molecular weight is 543 g/mol. The summed E-state index contributed by atoms with van der Waals surface area (Å²) < 4.78 is 32.1. The van der Waals surface area contributed by atoms with Gasteiger partial charge in [0, 0.05) is 16.1 Å². The molecule has 0 saturated carbocycles. The van der Waals surface area contributed by atoms with Crippen molar-refractivity contribution in [2.24, 2.45) is 0 Å². The zero-order chi connectivity index (χ0) is 25.7. The van der Waals surface area contributed by atoms with Crippen molar-refractivity contribution < 1.29 is 17.9 Å². The summed E-state index contributed by atoms with van der Waals surface area (Å²) in [6.45, 7) is 2.34. The van der Waals surface area contributed by atoms with Crippen LogP contribution in [0.25, 0.3) is 10.6 Å². The van der Waals surface area contributed by atoms with Gasteiger partial charge >= 0.3 is 0 Å². The van der Waals surface area contributed by atoms with Crippen molar-refractivity contribution in [3.8, 4) is 16.3 Å². The van der Waals surface area contributed by atoms with Crippen LogP contribution in [0.1, 0.15) is 22.8 Å². The van der Waals surface area contributed by atoms with E-state index >= 15 is 0 Å². The van der Waals surface area contributed by atoms with E-state index in [9.17, 15) is 13.2 Å². The highest BCUT2D eigenvalue weighted by molar-refractivity contribution is 7.92. The van der Waals surface area contributed by atoms with E-state index in [4.69, 9.17) is 16.3 Å². The Bertz CT molecular complexity index is 1460. The van der Waals surface area contributed by atoms with Crippen LogP contribution >= 0.6 is 22.9 Å². The van der Waals surface area contributed by atoms with E-state index in [1.54, 1.807) is 60.7 Å². The minimum Gasteiger partial charge on any atom is -0.492 e. The molecule has 11 heteroatoms. The lowest BCUT2D eigenvalue weighted by molar-refractivity contribution is 0.102. The summed E-state index contributed by atoms with van der Waals surface area (Å²) >= 11 is 7.17. The molecule has 1 aromatic heterocycles. The van der Waals surface area contributed by atoms with Crippen molar-refractivity contribution in [3.05, 3.63) is 88.9 Å². The second kappa shape index (κ2) is 11.1. The highest BCUT2D eigenvalue weighted by Gasteiger charge is 2.21. The van der Waals surface area contributed by atoms with E-state index < -0.39 is 10.0 Å². The van der Waals surface area contributed by atoms with Crippen LogP contribution in [0.3, 0.4) is 0 Å². The number of ether oxygens (including phenoxy) is 1. The van der Waals surface area contributed by atoms with Crippen LogP contribution in [0, 0.1) is 0 Å². The standard InChI is InChI=1S/C25H23ClN4O4S2/c1-3-34-22-7-5-4-6-21(22)30(36(2,32)33)16-17-8-10-18(11-9-17)23(31)27-25-29-28-24(35-25)19-12-14-20(26)15-13-19/h4-15H,3,16H2,1-2H3,(H,27,29,31). The van der Waals surface area contributed by atoms with Crippen molar-refractivity contribution in [1.29, 1.82) is 0 Å². The molecule has 0 unspecified atom stereocenters. The van der Waals surface area contributed by atoms with Gasteiger partial charge in [-0.15, -0.1) is 10.2 Å². The molecule has 3 aromatic carbocycles. The van der Waals surface area contributed by atoms with Crippen molar-refractivity contribution >= 4 is 49.7 Å². The zero-order valence-corrected chi connectivity index (χ0v) is 21.9. The maximum atomic E-state index is 12.7. The quantitative estimate of drug-likeness (QED) is 0.301. The summed E-state index contributed by atoms with van der Waals surface area (Å²) in [4.78, 5) is 12.7. The smallest absolute Gasteiger partial charge is 0.257 e. The van der Waals surface area contributed by atoms with E-state index in [0.717, 1.165) is 11.8 Å². The average Bonchev–Trinajstić information content (AvgIpc) is 3.32. The van der Waals surface area contributed by atoms with Crippen molar-refractivity contribution in [2.45, 2.75) is 13.5 Å². The maximum absolute atomic E-state index is 12.7. The number of amides is 1. The third-order valence-electron chi connectivity index (χ3n) is 5.11. The van der Waals surface area contributed by atoms with E-state index in [1.807, 2.05) is 19.1 Å². The second-order valence-corrected chi connectivity index (χ2v) is 11.1. The van der Waals surface area contributed by atoms with Crippen LogP contribution in [-0.4, -0.2) is 37.4 Å². The van der Waals surface area contributed by atoms with Crippen LogP contribution in [0.4, 0.5) is 10.8 Å². The Morgan fingerprint density at radius 1 is 1.03 bits per heavy atom. The topological polar surface area (TPSA) is 101 Å². The Morgan fingerprint density at radius 3 is 2.39 bits per heavy atom. The van der Waals surface area contributed by atoms with Gasteiger partial charge in [-0.3, -0.25) is 14.4 Å². The summed E-state index contributed by atoms with van der Waals surface area (Å²) in [5.41, 5.74) is 2.42. The number of anilines is 2. The number of hydrogen-bond acceptors (Lipinski definition) is 7. The molecule has 0 aliphatic heterocycles. The molecule has 0 spiro atoms. The molecule has 4 aromatic rings. The van der Waals surface area contributed by atoms with Crippen LogP contribution < -0.4 is 14.4 Å². The molecule has 0 atom stereocenters. The lowest BCUT2D eigenvalue weighted by Gasteiger charge is -2.24. The van der Waals surface area contributed by atoms with Gasteiger partial charge in [0.2, 0.25) is 15.2 Å². The number of benzene rings is 3. The van der Waals surface area contributed by atoms with Crippen molar-refractivity contribution in [3.63, 3.8) is 0 Å². The molecule has 4 rings (SSSR count). The van der Waals surface area contributed by atoms with Gasteiger partial charge in [0.05, 0.1) is 25.1 Å². The number of hydrogen-bond donors (Lipinski definition) is 1. The number of aromatic nitrogens is 2. The van der Waals surface area contributed by atoms with Crippen molar-refractivity contribution in [1.82, 2.24) is 10.2 Å². The first kappa shape index (κ1) is 25.6. The lowest BCUT2D eigenvalue weighted by Crippen LogP contribution is -2.29. The first-order valence-electron chi connectivity index (χ1n) is 10.9. The van der Waals surface area contributed by atoms with Gasteiger partial charge in [-0.25, -0.2) is 8.42 Å². The van der Waals surface area contributed by atoms with Gasteiger partial charge in [0.1, 0.15) is 10.8 Å². The Morgan fingerprint density at radius 2 is 1.72 bits per heavy atom. The fraction of sp³-hybridized carbons (Fsp3) is 0.160. The van der Waals surface area contributed by atoms with Crippen LogP contribution in [0.15, 0.2) is 72.8 Å². The van der Waals surface area contributed by atoms with E-state index in [0.29, 0.717) is 44.3 Å². The number of para-hydroxylation sites is 2. The van der Waals surface area contributed by atoms with E-state index in [-0.39, 0.29) is 12.5 Å². The number of rotatable bonds is 9. The number of nitrogens with zero attached hydrogens (tertiary/aromatic N) is 3. The summed E-state index contributed by atoms with van der Waals surface area (Å²) in [6, 6.07) is 20.9. The molecule has 0 bridgehead atoms. The molecule has 1 amide bonds. The third-order valence-corrected chi connectivity index (χ3v) is 7.38. The Hall–Kier alpha value is -3.47. The highest BCUT2D eigenvalue weighted by Crippen LogP contribution is 2.31. The molecular weight excluding hydrogens is 520 g/mol. The van der Waals surface area contributed by atoms with Gasteiger partial charge in [0.25, 0.3) is 5.91 Å². The molecule has 186 valence electrons. The summed E-state index contributed by atoms with van der Waals surface area (Å²) in [5, 5.41) is 12.6. The summed E-state index contributed by atoms with van der Waals surface area (Å²) in [5.74, 6) is 0.137. The van der Waals surface area contributed by atoms with Crippen LogP contribution in [-0.2, 0) is 16.6 Å². The predicted molar refractivity (Wildman–Crippen MR) is 143 cm³/mol. The number of sulfonamides is 1. The SMILES string of the molecule is CCOc1ccccc1N(Cc1ccc(C(=O)Nc2nnc(-c3ccc(Cl)cc3)s2)cc1)S(C)(=O)=O. The molecule has 0 saturated heterocycles. The highest BCUT2D eigenvalue weighted by atomic mass is 35.5. The lowest BCUT2D eigenvalue weighted by atomic mass is 10.1. The van der Waals surface area contributed by atoms with Gasteiger partial charge in [-0.2, -0.15) is 0 Å². The number of nitrogens with one attached hydrogen (secondary N) is 1. The fourth-order valence-corrected chi connectivity index (χ4v) is 5.16. The number of carbonyl (C=O) groups excluding carboxylic acids is 1. The minimum absolute atomic E-state index is 0.0890. The van der Waals surface area contributed by atoms with Crippen LogP contribution in [0.2, 0.25) is 5.02 Å². The van der Waals surface area contributed by atoms with Gasteiger partial charge in [-0.1, -0.05) is 59.3 Å². The Labute approximate surface area is 218 Å². The van der Waals surface area contributed by atoms with Gasteiger partial charge in [0.15, 0.2) is 0 Å².